The van der Waals surface area contributed by atoms with Crippen LogP contribution >= 0.6 is 0 Å². The molecule has 0 unspecified atom stereocenters. The number of urea groups is 1. The summed E-state index contributed by atoms with van der Waals surface area (Å²) in [5, 5.41) is 8.40. The second-order valence-electron chi connectivity index (χ2n) is 7.38. The Morgan fingerprint density at radius 3 is 2.53 bits per heavy atom. The van der Waals surface area contributed by atoms with Crippen LogP contribution in [0.15, 0.2) is 79.0 Å². The molecule has 1 aromatic heterocycles. The summed E-state index contributed by atoms with van der Waals surface area (Å²) in [7, 11) is 0. The fourth-order valence-electron chi connectivity index (χ4n) is 3.50. The summed E-state index contributed by atoms with van der Waals surface area (Å²) in [5.74, 6) is -0.624. The Bertz CT molecular complexity index is 1100. The van der Waals surface area contributed by atoms with Crippen LogP contribution in [0.2, 0.25) is 0 Å². The van der Waals surface area contributed by atoms with E-state index in [1.165, 1.54) is 4.90 Å². The van der Waals surface area contributed by atoms with Gasteiger partial charge in [-0.15, -0.1) is 0 Å². The average Bonchev–Trinajstić information content (AvgIpc) is 2.82. The van der Waals surface area contributed by atoms with E-state index in [0.29, 0.717) is 23.5 Å². The molecule has 1 atom stereocenters. The van der Waals surface area contributed by atoms with Gasteiger partial charge in [-0.1, -0.05) is 48.5 Å². The quantitative estimate of drug-likeness (QED) is 0.560. The Labute approximate surface area is 185 Å². The van der Waals surface area contributed by atoms with E-state index in [9.17, 15) is 14.4 Å². The molecule has 2 heterocycles. The highest BCUT2D eigenvalue weighted by Crippen LogP contribution is 2.28. The normalized spacial score (nSPS) is 13.5. The summed E-state index contributed by atoms with van der Waals surface area (Å²) >= 11 is 0. The number of rotatable bonds is 6. The molecule has 0 saturated heterocycles. The molecule has 1 aliphatic heterocycles. The maximum atomic E-state index is 13.1. The Kier molecular flexibility index (Phi) is 6.41. The van der Waals surface area contributed by atoms with Crippen LogP contribution in [0.4, 0.5) is 16.2 Å². The number of para-hydroxylation sites is 2. The molecule has 8 nitrogen and oxygen atoms in total. The van der Waals surface area contributed by atoms with Crippen LogP contribution in [0.1, 0.15) is 11.3 Å². The van der Waals surface area contributed by atoms with Crippen molar-refractivity contribution in [3.05, 3.63) is 90.3 Å². The van der Waals surface area contributed by atoms with Crippen LogP contribution in [0.3, 0.4) is 0 Å². The largest absolute Gasteiger partial charge is 0.349 e. The van der Waals surface area contributed by atoms with E-state index in [2.05, 4.69) is 20.9 Å². The Balaban J connectivity index is 1.51. The third-order valence-electron chi connectivity index (χ3n) is 5.08. The lowest BCUT2D eigenvalue weighted by atomic mass is 10.1. The van der Waals surface area contributed by atoms with Gasteiger partial charge in [-0.25, -0.2) is 4.79 Å². The number of benzene rings is 2. The van der Waals surface area contributed by atoms with Crippen molar-refractivity contribution in [1.82, 2.24) is 15.6 Å². The van der Waals surface area contributed by atoms with Crippen LogP contribution in [0, 0.1) is 0 Å². The van der Waals surface area contributed by atoms with Gasteiger partial charge in [0.1, 0.15) is 12.6 Å². The van der Waals surface area contributed by atoms with Crippen LogP contribution < -0.4 is 20.9 Å². The van der Waals surface area contributed by atoms with Gasteiger partial charge in [0, 0.05) is 12.6 Å². The topological polar surface area (TPSA) is 103 Å². The fraction of sp³-hybridized carbons (Fsp3) is 0.167. The molecule has 4 amide bonds. The predicted octanol–water partition coefficient (Wildman–Crippen LogP) is 2.48. The van der Waals surface area contributed by atoms with E-state index in [1.807, 2.05) is 42.5 Å². The second kappa shape index (κ2) is 9.74. The van der Waals surface area contributed by atoms with Gasteiger partial charge >= 0.3 is 6.03 Å². The first-order valence-corrected chi connectivity index (χ1v) is 10.3. The minimum Gasteiger partial charge on any atom is -0.349 e. The van der Waals surface area contributed by atoms with Crippen LogP contribution in [0.25, 0.3) is 0 Å². The van der Waals surface area contributed by atoms with E-state index in [-0.39, 0.29) is 24.9 Å². The van der Waals surface area contributed by atoms with Crippen LogP contribution in [0.5, 0.6) is 0 Å². The monoisotopic (exact) mass is 429 g/mol. The minimum absolute atomic E-state index is 0.129. The molecule has 0 fully saturated rings. The fourth-order valence-corrected chi connectivity index (χ4v) is 3.50. The van der Waals surface area contributed by atoms with E-state index in [4.69, 9.17) is 0 Å². The summed E-state index contributed by atoms with van der Waals surface area (Å²) in [6.07, 6.45) is 1.96. The Hall–Kier alpha value is -4.20. The molecule has 3 aromatic rings. The molecule has 0 radical (unpaired) electrons. The van der Waals surface area contributed by atoms with Crippen LogP contribution in [-0.2, 0) is 22.6 Å². The predicted molar refractivity (Wildman–Crippen MR) is 121 cm³/mol. The van der Waals surface area contributed by atoms with Gasteiger partial charge < -0.3 is 16.0 Å². The van der Waals surface area contributed by atoms with Crippen LogP contribution in [-0.4, -0.2) is 35.4 Å². The standard InChI is InChI=1S/C24H23N5O3/c30-22-16-29(21-12-5-4-11-19(21)27-22)24(32)28-20(14-17-8-2-1-3-9-17)23(31)26-15-18-10-6-7-13-25-18/h1-13,20H,14-16H2,(H,26,31)(H,27,30)(H,28,32)/t20-/m1/s1. The third kappa shape index (κ3) is 5.10. The second-order valence-corrected chi connectivity index (χ2v) is 7.38. The summed E-state index contributed by atoms with van der Waals surface area (Å²) in [6.45, 7) is 0.117. The van der Waals surface area contributed by atoms with Crippen molar-refractivity contribution in [3.63, 3.8) is 0 Å². The molecule has 162 valence electrons. The Morgan fingerprint density at radius 1 is 1.00 bits per heavy atom. The van der Waals surface area contributed by atoms with Gasteiger partial charge in [0.15, 0.2) is 0 Å². The van der Waals surface area contributed by atoms with Crippen molar-refractivity contribution in [3.8, 4) is 0 Å². The molecule has 0 bridgehead atoms. The summed E-state index contributed by atoms with van der Waals surface area (Å²) in [4.78, 5) is 43.8. The SMILES string of the molecule is O=C1CN(C(=O)N[C@H](Cc2ccccc2)C(=O)NCc2ccccn2)c2ccccc2N1. The third-order valence-corrected chi connectivity index (χ3v) is 5.08. The van der Waals surface area contributed by atoms with Gasteiger partial charge in [0.2, 0.25) is 11.8 Å². The molecule has 2 aromatic carbocycles. The van der Waals surface area contributed by atoms with Crippen molar-refractivity contribution < 1.29 is 14.4 Å². The van der Waals surface area contributed by atoms with Gasteiger partial charge in [0.25, 0.3) is 0 Å². The lowest BCUT2D eigenvalue weighted by molar-refractivity contribution is -0.123. The van der Waals surface area contributed by atoms with Crippen molar-refractivity contribution in [2.75, 3.05) is 16.8 Å². The number of anilines is 2. The maximum Gasteiger partial charge on any atom is 0.323 e. The lowest BCUT2D eigenvalue weighted by Crippen LogP contribution is -2.54. The summed E-state index contributed by atoms with van der Waals surface area (Å²) < 4.78 is 0. The van der Waals surface area contributed by atoms with Gasteiger partial charge in [-0.2, -0.15) is 0 Å². The lowest BCUT2D eigenvalue weighted by Gasteiger charge is -2.30. The van der Waals surface area contributed by atoms with Crippen molar-refractivity contribution >= 4 is 29.2 Å². The van der Waals surface area contributed by atoms with Crippen molar-refractivity contribution in [1.29, 1.82) is 0 Å². The van der Waals surface area contributed by atoms with E-state index in [1.54, 1.807) is 36.5 Å². The Morgan fingerprint density at radius 2 is 1.75 bits per heavy atom. The summed E-state index contributed by atoms with van der Waals surface area (Å²) in [6, 6.07) is 20.6. The number of nitrogens with zero attached hydrogens (tertiary/aromatic N) is 2. The highest BCUT2D eigenvalue weighted by atomic mass is 16.2. The number of fused-ring (bicyclic) bond motifs is 1. The first kappa shape index (κ1) is 21.0. The molecule has 0 saturated carbocycles. The molecule has 3 N–H and O–H groups in total. The average molecular weight is 429 g/mol. The highest BCUT2D eigenvalue weighted by molar-refractivity contribution is 6.10. The number of amides is 4. The zero-order valence-corrected chi connectivity index (χ0v) is 17.3. The molecule has 8 heteroatoms. The maximum absolute atomic E-state index is 13.1. The number of carbonyl (C=O) groups is 3. The highest BCUT2D eigenvalue weighted by Gasteiger charge is 2.30. The number of pyridine rings is 1. The molecular weight excluding hydrogens is 406 g/mol. The number of carbonyl (C=O) groups excluding carboxylic acids is 3. The minimum atomic E-state index is -0.828. The molecular formula is C24H23N5O3. The van der Waals surface area contributed by atoms with E-state index in [0.717, 1.165) is 5.56 Å². The number of hydrogen-bond donors (Lipinski definition) is 3. The van der Waals surface area contributed by atoms with Gasteiger partial charge in [-0.3, -0.25) is 19.5 Å². The number of aromatic nitrogens is 1. The van der Waals surface area contributed by atoms with E-state index >= 15 is 0 Å². The van der Waals surface area contributed by atoms with Gasteiger partial charge in [-0.05, 0) is 29.8 Å². The molecule has 0 spiro atoms. The van der Waals surface area contributed by atoms with Crippen molar-refractivity contribution in [2.24, 2.45) is 0 Å². The zero-order chi connectivity index (χ0) is 22.3. The molecule has 1 aliphatic rings. The first-order valence-electron chi connectivity index (χ1n) is 10.3. The van der Waals surface area contributed by atoms with Gasteiger partial charge in [0.05, 0.1) is 23.6 Å². The van der Waals surface area contributed by atoms with Crippen molar-refractivity contribution in [2.45, 2.75) is 19.0 Å². The first-order chi connectivity index (χ1) is 15.6. The molecule has 0 aliphatic carbocycles. The smallest absolute Gasteiger partial charge is 0.323 e. The zero-order valence-electron chi connectivity index (χ0n) is 17.3. The number of hydrogen-bond acceptors (Lipinski definition) is 4. The summed E-state index contributed by atoms with van der Waals surface area (Å²) in [5.41, 5.74) is 2.75. The number of nitrogens with one attached hydrogen (secondary N) is 3. The van der Waals surface area contributed by atoms with E-state index < -0.39 is 12.1 Å². The molecule has 32 heavy (non-hydrogen) atoms. The molecule has 4 rings (SSSR count).